The number of carboxylic acids is 1. The average molecular weight is 370 g/mol. The molecule has 0 amide bonds. The number of hydrogen-bond acceptors (Lipinski definition) is 3. The van der Waals surface area contributed by atoms with Gasteiger partial charge in [-0.15, -0.1) is 0 Å². The molecule has 0 aromatic heterocycles. The molecule has 1 aromatic rings. The summed E-state index contributed by atoms with van der Waals surface area (Å²) < 4.78 is 6.21. The van der Waals surface area contributed by atoms with E-state index in [1.807, 2.05) is 12.1 Å². The molecule has 0 bridgehead atoms. The fourth-order valence-corrected chi connectivity index (χ4v) is 6.22. The number of carbonyl (C=O) groups is 1. The summed E-state index contributed by atoms with van der Waals surface area (Å²) >= 11 is 0. The van der Waals surface area contributed by atoms with E-state index in [1.165, 1.54) is 24.0 Å². The Bertz CT molecular complexity index is 755. The summed E-state index contributed by atoms with van der Waals surface area (Å²) in [6, 6.07) is 5.93. The van der Waals surface area contributed by atoms with Crippen LogP contribution >= 0.6 is 0 Å². The van der Waals surface area contributed by atoms with Crippen LogP contribution in [0, 0.1) is 17.3 Å². The zero-order chi connectivity index (χ0) is 19.2. The van der Waals surface area contributed by atoms with E-state index < -0.39 is 5.97 Å². The molecule has 2 N–H and O–H groups in total. The lowest BCUT2D eigenvalue weighted by atomic mass is 9.55. The molecule has 0 aliphatic heterocycles. The zero-order valence-electron chi connectivity index (χ0n) is 16.1. The van der Waals surface area contributed by atoms with Crippen LogP contribution in [0.3, 0.4) is 0 Å². The molecule has 5 unspecified atom stereocenters. The van der Waals surface area contributed by atoms with E-state index in [-0.39, 0.29) is 17.9 Å². The molecule has 4 rings (SSSR count). The maximum Gasteiger partial charge on any atom is 0.303 e. The van der Waals surface area contributed by atoms with Gasteiger partial charge in [-0.25, -0.2) is 0 Å². The van der Waals surface area contributed by atoms with Gasteiger partial charge in [-0.3, -0.25) is 4.79 Å². The minimum absolute atomic E-state index is 0.0834. The van der Waals surface area contributed by atoms with Crippen molar-refractivity contribution in [3.8, 4) is 5.75 Å². The lowest BCUT2D eigenvalue weighted by Crippen LogP contribution is -2.44. The van der Waals surface area contributed by atoms with Crippen molar-refractivity contribution >= 4 is 5.97 Å². The number of ether oxygens (including phenoxy) is 1. The Hall–Kier alpha value is -1.97. The Morgan fingerprint density at radius 3 is 2.85 bits per heavy atom. The quantitative estimate of drug-likeness (QED) is 0.715. The smallest absolute Gasteiger partial charge is 0.303 e. The summed E-state index contributed by atoms with van der Waals surface area (Å²) in [5.74, 6) is 2.12. The third kappa shape index (κ3) is 3.24. The van der Waals surface area contributed by atoms with E-state index in [0.717, 1.165) is 25.7 Å². The number of aromatic hydroxyl groups is 1. The number of allylic oxidation sites excluding steroid dienone is 1. The summed E-state index contributed by atoms with van der Waals surface area (Å²) in [6.07, 6.45) is 7.40. The summed E-state index contributed by atoms with van der Waals surface area (Å²) in [7, 11) is 0. The summed E-state index contributed by atoms with van der Waals surface area (Å²) in [5, 5.41) is 18.7. The fraction of sp³-hybridized carbons (Fsp3) is 0.609. The average Bonchev–Trinajstić information content (AvgIpc) is 2.96. The highest BCUT2D eigenvalue weighted by atomic mass is 16.5. The Labute approximate surface area is 161 Å². The standard InChI is InChI=1S/C23H30O4/c1-14(3-10-22(25)26)27-21-9-8-20-19-6-4-15-13-16(24)5-7-17(15)18(19)11-12-23(20,21)2/h5,7,13,18-21,24H,1,3-4,6,8-12H2,2H3,(H,25,26). The van der Waals surface area contributed by atoms with Gasteiger partial charge in [0, 0.05) is 11.8 Å². The first-order chi connectivity index (χ1) is 12.9. The predicted molar refractivity (Wildman–Crippen MR) is 104 cm³/mol. The Balaban J connectivity index is 1.49. The van der Waals surface area contributed by atoms with Crippen LogP contribution in [0.1, 0.15) is 68.9 Å². The predicted octanol–water partition coefficient (Wildman–Crippen LogP) is 5.01. The molecule has 0 spiro atoms. The van der Waals surface area contributed by atoms with Gasteiger partial charge in [0.15, 0.2) is 0 Å². The van der Waals surface area contributed by atoms with Crippen molar-refractivity contribution in [3.63, 3.8) is 0 Å². The van der Waals surface area contributed by atoms with Gasteiger partial charge >= 0.3 is 5.97 Å². The zero-order valence-corrected chi connectivity index (χ0v) is 16.1. The van der Waals surface area contributed by atoms with E-state index in [1.54, 1.807) is 0 Å². The minimum Gasteiger partial charge on any atom is -0.508 e. The van der Waals surface area contributed by atoms with Crippen molar-refractivity contribution in [3.05, 3.63) is 41.7 Å². The van der Waals surface area contributed by atoms with Crippen molar-refractivity contribution in [2.45, 2.75) is 70.3 Å². The molecule has 3 aliphatic carbocycles. The van der Waals surface area contributed by atoms with Gasteiger partial charge in [-0.2, -0.15) is 0 Å². The van der Waals surface area contributed by atoms with Crippen molar-refractivity contribution in [1.29, 1.82) is 0 Å². The molecule has 2 fully saturated rings. The first-order valence-electron chi connectivity index (χ1n) is 10.3. The van der Waals surface area contributed by atoms with E-state index in [2.05, 4.69) is 19.6 Å². The largest absolute Gasteiger partial charge is 0.508 e. The lowest BCUT2D eigenvalue weighted by Gasteiger charge is -2.50. The molecular weight excluding hydrogens is 340 g/mol. The molecule has 4 nitrogen and oxygen atoms in total. The number of benzene rings is 1. The van der Waals surface area contributed by atoms with E-state index in [4.69, 9.17) is 9.84 Å². The Morgan fingerprint density at radius 2 is 2.07 bits per heavy atom. The second kappa shape index (κ2) is 6.88. The highest BCUT2D eigenvalue weighted by Gasteiger charge is 2.55. The second-order valence-corrected chi connectivity index (χ2v) is 8.96. The van der Waals surface area contributed by atoms with E-state index in [0.29, 0.717) is 35.7 Å². The van der Waals surface area contributed by atoms with Crippen LogP contribution in [0.4, 0.5) is 0 Å². The van der Waals surface area contributed by atoms with Crippen LogP contribution in [0.2, 0.25) is 0 Å². The van der Waals surface area contributed by atoms with Gasteiger partial charge in [-0.1, -0.05) is 19.6 Å². The summed E-state index contributed by atoms with van der Waals surface area (Å²) in [4.78, 5) is 10.8. The third-order valence-electron chi connectivity index (χ3n) is 7.55. The first kappa shape index (κ1) is 18.4. The number of rotatable bonds is 5. The molecule has 3 aliphatic rings. The summed E-state index contributed by atoms with van der Waals surface area (Å²) in [5.41, 5.74) is 2.93. The van der Waals surface area contributed by atoms with Gasteiger partial charge in [0.25, 0.3) is 0 Å². The molecule has 1 aromatic carbocycles. The van der Waals surface area contributed by atoms with Crippen molar-refractivity contribution in [2.75, 3.05) is 0 Å². The molecule has 0 saturated heterocycles. The number of hydrogen-bond donors (Lipinski definition) is 2. The maximum atomic E-state index is 10.8. The van der Waals surface area contributed by atoms with Crippen molar-refractivity contribution in [1.82, 2.24) is 0 Å². The van der Waals surface area contributed by atoms with Crippen LogP contribution in [0.25, 0.3) is 0 Å². The van der Waals surface area contributed by atoms with Crippen LogP contribution in [-0.2, 0) is 16.0 Å². The molecule has 0 radical (unpaired) electrons. The number of phenolic OH excluding ortho intramolecular Hbond substituents is 1. The van der Waals surface area contributed by atoms with Gasteiger partial charge in [0.2, 0.25) is 0 Å². The van der Waals surface area contributed by atoms with Crippen molar-refractivity contribution in [2.24, 2.45) is 17.3 Å². The first-order valence-corrected chi connectivity index (χ1v) is 10.3. The number of carboxylic acid groups (broad SMARTS) is 1. The monoisotopic (exact) mass is 370 g/mol. The number of phenols is 1. The lowest BCUT2D eigenvalue weighted by molar-refractivity contribution is -0.137. The van der Waals surface area contributed by atoms with Gasteiger partial charge in [0.1, 0.15) is 11.9 Å². The van der Waals surface area contributed by atoms with Gasteiger partial charge < -0.3 is 14.9 Å². The molecule has 27 heavy (non-hydrogen) atoms. The van der Waals surface area contributed by atoms with Gasteiger partial charge in [-0.05, 0) is 79.5 Å². The van der Waals surface area contributed by atoms with E-state index in [9.17, 15) is 9.90 Å². The highest BCUT2D eigenvalue weighted by Crippen LogP contribution is 2.61. The minimum atomic E-state index is -0.803. The molecule has 146 valence electrons. The molecule has 5 atom stereocenters. The fourth-order valence-electron chi connectivity index (χ4n) is 6.22. The van der Waals surface area contributed by atoms with Crippen LogP contribution in [0.15, 0.2) is 30.5 Å². The van der Waals surface area contributed by atoms with Crippen LogP contribution < -0.4 is 0 Å². The maximum absolute atomic E-state index is 10.8. The molecule has 0 heterocycles. The number of aliphatic carboxylic acids is 1. The normalized spacial score (nSPS) is 34.3. The summed E-state index contributed by atoms with van der Waals surface area (Å²) in [6.45, 7) is 6.35. The van der Waals surface area contributed by atoms with Crippen LogP contribution in [-0.4, -0.2) is 22.3 Å². The Morgan fingerprint density at radius 1 is 1.26 bits per heavy atom. The topological polar surface area (TPSA) is 66.8 Å². The van der Waals surface area contributed by atoms with E-state index >= 15 is 0 Å². The molecular formula is C23H30O4. The second-order valence-electron chi connectivity index (χ2n) is 8.96. The Kier molecular flexibility index (Phi) is 4.69. The number of fused-ring (bicyclic) bond motifs is 5. The van der Waals surface area contributed by atoms with Gasteiger partial charge in [0.05, 0.1) is 12.2 Å². The SMILES string of the molecule is C=C(CCC(=O)O)OC1CCC2C3CCc4cc(O)ccc4C3CCC12C. The van der Waals surface area contributed by atoms with Crippen LogP contribution in [0.5, 0.6) is 5.75 Å². The molecule has 4 heteroatoms. The molecule has 2 saturated carbocycles. The van der Waals surface area contributed by atoms with Crippen molar-refractivity contribution < 1.29 is 19.7 Å². The highest BCUT2D eigenvalue weighted by molar-refractivity contribution is 5.66. The third-order valence-corrected chi connectivity index (χ3v) is 7.55. The number of aryl methyl sites for hydroxylation is 1.